The van der Waals surface area contributed by atoms with E-state index in [9.17, 15) is 4.79 Å². The molecule has 0 N–H and O–H groups in total. The van der Waals surface area contributed by atoms with Gasteiger partial charge in [-0.25, -0.2) is 0 Å². The van der Waals surface area contributed by atoms with Gasteiger partial charge < -0.3 is 0 Å². The molecule has 0 unspecified atom stereocenters. The summed E-state index contributed by atoms with van der Waals surface area (Å²) >= 11 is 0. The minimum absolute atomic E-state index is 0.0505. The van der Waals surface area contributed by atoms with Crippen LogP contribution in [0, 0.1) is 0 Å². The van der Waals surface area contributed by atoms with E-state index in [4.69, 9.17) is 0 Å². The molecule has 5 rings (SSSR count). The lowest BCUT2D eigenvalue weighted by Gasteiger charge is -2.06. The summed E-state index contributed by atoms with van der Waals surface area (Å²) in [4.78, 5) is 12.8. The van der Waals surface area contributed by atoms with Crippen LogP contribution >= 0.6 is 0 Å². The van der Waals surface area contributed by atoms with E-state index in [0.717, 1.165) is 38.0 Å². The van der Waals surface area contributed by atoms with Crippen molar-refractivity contribution in [1.82, 2.24) is 9.61 Å². The number of pyridine rings is 1. The lowest BCUT2D eigenvalue weighted by Crippen LogP contribution is -2.14. The molecule has 0 bridgehead atoms. The molecule has 0 saturated heterocycles. The third kappa shape index (κ3) is 1.23. The Bertz CT molecular complexity index is 1200. The molecule has 5 aromatic rings. The molecule has 3 heteroatoms. The van der Waals surface area contributed by atoms with Gasteiger partial charge in [0.05, 0.1) is 16.4 Å². The zero-order valence-electron chi connectivity index (χ0n) is 11.1. The fourth-order valence-corrected chi connectivity index (χ4v) is 3.27. The average molecular weight is 270 g/mol. The summed E-state index contributed by atoms with van der Waals surface area (Å²) in [5.74, 6) is 0. The van der Waals surface area contributed by atoms with E-state index >= 15 is 0 Å². The predicted molar refractivity (Wildman–Crippen MR) is 85.2 cm³/mol. The lowest BCUT2D eigenvalue weighted by atomic mass is 10.0. The Labute approximate surface area is 119 Å². The van der Waals surface area contributed by atoms with Crippen molar-refractivity contribution >= 4 is 38.0 Å². The standard InChI is InChI=1S/C18H10N2O/c21-18-14-9-4-6-11-5-3-8-13(16(11)14)17-12-7-1-2-10-15(12)19-20(17)18/h1-10H. The fourth-order valence-electron chi connectivity index (χ4n) is 3.27. The molecule has 0 atom stereocenters. The van der Waals surface area contributed by atoms with E-state index in [0.29, 0.717) is 0 Å². The highest BCUT2D eigenvalue weighted by atomic mass is 16.1. The minimum Gasteiger partial charge on any atom is -0.267 e. The van der Waals surface area contributed by atoms with Crippen LogP contribution in [0.3, 0.4) is 0 Å². The Balaban J connectivity index is 2.29. The van der Waals surface area contributed by atoms with Crippen LogP contribution in [0.25, 0.3) is 38.0 Å². The fraction of sp³-hybridized carbons (Fsp3) is 0. The van der Waals surface area contributed by atoms with Gasteiger partial charge in [-0.3, -0.25) is 4.79 Å². The summed E-state index contributed by atoms with van der Waals surface area (Å²) in [7, 11) is 0. The van der Waals surface area contributed by atoms with Crippen molar-refractivity contribution in [2.75, 3.05) is 0 Å². The van der Waals surface area contributed by atoms with Gasteiger partial charge in [0.15, 0.2) is 0 Å². The van der Waals surface area contributed by atoms with E-state index in [1.54, 1.807) is 4.52 Å². The zero-order valence-corrected chi connectivity index (χ0v) is 11.1. The van der Waals surface area contributed by atoms with E-state index in [-0.39, 0.29) is 5.56 Å². The van der Waals surface area contributed by atoms with E-state index in [2.05, 4.69) is 11.2 Å². The summed E-state index contributed by atoms with van der Waals surface area (Å²) in [5.41, 5.74) is 1.70. The molecule has 0 aliphatic heterocycles. The Morgan fingerprint density at radius 3 is 2.33 bits per heavy atom. The van der Waals surface area contributed by atoms with E-state index in [1.807, 2.05) is 54.6 Å². The number of benzene rings is 3. The van der Waals surface area contributed by atoms with E-state index in [1.165, 1.54) is 0 Å². The molecule has 2 heterocycles. The molecular formula is C18H10N2O. The normalized spacial score (nSPS) is 12.0. The van der Waals surface area contributed by atoms with Gasteiger partial charge in [-0.05, 0) is 17.5 Å². The number of hydrogen-bond acceptors (Lipinski definition) is 2. The summed E-state index contributed by atoms with van der Waals surface area (Å²) in [5, 5.41) is 9.44. The maximum Gasteiger partial charge on any atom is 0.279 e. The molecule has 0 amide bonds. The lowest BCUT2D eigenvalue weighted by molar-refractivity contribution is 0.953. The molecule has 0 aliphatic rings. The number of hydrogen-bond donors (Lipinski definition) is 0. The molecule has 0 aliphatic carbocycles. The monoisotopic (exact) mass is 270 g/mol. The largest absolute Gasteiger partial charge is 0.279 e. The summed E-state index contributed by atoms with van der Waals surface area (Å²) in [6.45, 7) is 0. The first-order chi connectivity index (χ1) is 10.3. The molecule has 3 nitrogen and oxygen atoms in total. The Morgan fingerprint density at radius 1 is 0.762 bits per heavy atom. The molecule has 3 aromatic carbocycles. The highest BCUT2D eigenvalue weighted by molar-refractivity contribution is 6.19. The summed E-state index contributed by atoms with van der Waals surface area (Å²) < 4.78 is 1.54. The van der Waals surface area contributed by atoms with Crippen molar-refractivity contribution in [2.45, 2.75) is 0 Å². The van der Waals surface area contributed by atoms with Gasteiger partial charge in [0.25, 0.3) is 5.56 Å². The number of fused-ring (bicyclic) bond motifs is 4. The molecule has 98 valence electrons. The molecule has 0 saturated carbocycles. The molecular weight excluding hydrogens is 260 g/mol. The van der Waals surface area contributed by atoms with Crippen LogP contribution in [-0.2, 0) is 0 Å². The van der Waals surface area contributed by atoms with Crippen molar-refractivity contribution < 1.29 is 0 Å². The smallest absolute Gasteiger partial charge is 0.267 e. The summed E-state index contributed by atoms with van der Waals surface area (Å²) in [6.07, 6.45) is 0. The van der Waals surface area contributed by atoms with Crippen molar-refractivity contribution in [3.63, 3.8) is 0 Å². The molecule has 0 radical (unpaired) electrons. The third-order valence-corrected chi connectivity index (χ3v) is 4.16. The van der Waals surface area contributed by atoms with Crippen LogP contribution in [0.15, 0.2) is 65.5 Å². The molecule has 0 spiro atoms. The summed E-state index contributed by atoms with van der Waals surface area (Å²) in [6, 6.07) is 19.9. The van der Waals surface area contributed by atoms with Crippen LogP contribution in [-0.4, -0.2) is 9.61 Å². The van der Waals surface area contributed by atoms with Gasteiger partial charge in [0.1, 0.15) is 0 Å². The third-order valence-electron chi connectivity index (χ3n) is 4.16. The maximum absolute atomic E-state index is 12.8. The first kappa shape index (κ1) is 10.8. The van der Waals surface area contributed by atoms with Crippen molar-refractivity contribution in [1.29, 1.82) is 0 Å². The topological polar surface area (TPSA) is 34.4 Å². The van der Waals surface area contributed by atoms with Gasteiger partial charge in [0.2, 0.25) is 0 Å². The van der Waals surface area contributed by atoms with Crippen LogP contribution in [0.4, 0.5) is 0 Å². The number of rotatable bonds is 0. The second kappa shape index (κ2) is 3.58. The molecule has 2 aromatic heterocycles. The van der Waals surface area contributed by atoms with Gasteiger partial charge in [0, 0.05) is 16.2 Å². The Kier molecular flexibility index (Phi) is 1.84. The SMILES string of the molecule is O=c1c2cccc3cccc(c32)c2c3ccccc3nn12. The van der Waals surface area contributed by atoms with E-state index < -0.39 is 0 Å². The second-order valence-electron chi connectivity index (χ2n) is 5.29. The average Bonchev–Trinajstić information content (AvgIpc) is 2.92. The van der Waals surface area contributed by atoms with Crippen molar-refractivity contribution in [2.24, 2.45) is 0 Å². The Morgan fingerprint density at radius 2 is 1.48 bits per heavy atom. The van der Waals surface area contributed by atoms with Crippen LogP contribution in [0.5, 0.6) is 0 Å². The van der Waals surface area contributed by atoms with Crippen molar-refractivity contribution in [3.05, 3.63) is 71.0 Å². The number of aromatic nitrogens is 2. The van der Waals surface area contributed by atoms with Crippen molar-refractivity contribution in [3.8, 4) is 0 Å². The van der Waals surface area contributed by atoms with Crippen LogP contribution < -0.4 is 5.56 Å². The van der Waals surface area contributed by atoms with Gasteiger partial charge >= 0.3 is 0 Å². The van der Waals surface area contributed by atoms with Gasteiger partial charge in [-0.2, -0.15) is 9.61 Å². The van der Waals surface area contributed by atoms with Gasteiger partial charge in [-0.1, -0.05) is 48.5 Å². The molecule has 21 heavy (non-hydrogen) atoms. The van der Waals surface area contributed by atoms with Gasteiger partial charge in [-0.15, -0.1) is 0 Å². The second-order valence-corrected chi connectivity index (χ2v) is 5.29. The van der Waals surface area contributed by atoms with Crippen LogP contribution in [0.2, 0.25) is 0 Å². The van der Waals surface area contributed by atoms with Crippen LogP contribution in [0.1, 0.15) is 0 Å². The zero-order chi connectivity index (χ0) is 14.0. The highest BCUT2D eigenvalue weighted by Gasteiger charge is 2.15. The first-order valence-corrected chi connectivity index (χ1v) is 6.89. The predicted octanol–water partition coefficient (Wildman–Crippen LogP) is 3.59. The highest BCUT2D eigenvalue weighted by Crippen LogP contribution is 2.31. The quantitative estimate of drug-likeness (QED) is 0.431. The molecule has 0 fully saturated rings. The minimum atomic E-state index is -0.0505. The Hall–Kier alpha value is -2.94. The maximum atomic E-state index is 12.8. The number of nitrogens with zero attached hydrogens (tertiary/aromatic N) is 2. The first-order valence-electron chi connectivity index (χ1n) is 6.89.